The summed E-state index contributed by atoms with van der Waals surface area (Å²) < 4.78 is 1.65. The Hall–Kier alpha value is -1.36. The Kier molecular flexibility index (Phi) is 2.73. The molecule has 0 spiro atoms. The van der Waals surface area contributed by atoms with E-state index in [0.29, 0.717) is 5.69 Å². The largest absolute Gasteiger partial charge is 0.328 e. The second-order valence-electron chi connectivity index (χ2n) is 3.94. The van der Waals surface area contributed by atoms with Gasteiger partial charge in [-0.1, -0.05) is 12.8 Å². The molecular weight excluding hydrogens is 194 g/mol. The standard InChI is InChI=1S/C10H15N3O2/c11-6-8-5-9(14)12-10(15)13(8)7-3-1-2-4-7/h5,7H,1-4,6,11H2,(H,12,14,15). The number of aromatic nitrogens is 2. The van der Waals surface area contributed by atoms with Crippen molar-refractivity contribution in [2.45, 2.75) is 38.3 Å². The first-order valence-corrected chi connectivity index (χ1v) is 5.27. The summed E-state index contributed by atoms with van der Waals surface area (Å²) in [4.78, 5) is 25.1. The zero-order valence-corrected chi connectivity index (χ0v) is 8.53. The van der Waals surface area contributed by atoms with Gasteiger partial charge in [0.2, 0.25) is 0 Å². The van der Waals surface area contributed by atoms with E-state index in [2.05, 4.69) is 4.98 Å². The fourth-order valence-electron chi connectivity index (χ4n) is 2.27. The first kappa shape index (κ1) is 10.2. The molecule has 0 unspecified atom stereocenters. The predicted octanol–water partition coefficient (Wildman–Crippen LogP) is 0.110. The van der Waals surface area contributed by atoms with Crippen LogP contribution < -0.4 is 17.0 Å². The normalized spacial score (nSPS) is 17.1. The molecule has 1 aromatic rings. The number of rotatable bonds is 2. The van der Waals surface area contributed by atoms with Crippen LogP contribution in [0, 0.1) is 0 Å². The molecule has 82 valence electrons. The van der Waals surface area contributed by atoms with Crippen LogP contribution in [0.2, 0.25) is 0 Å². The Labute approximate surface area is 86.9 Å². The average Bonchev–Trinajstić information content (AvgIpc) is 2.69. The van der Waals surface area contributed by atoms with Gasteiger partial charge in [0.1, 0.15) is 0 Å². The van der Waals surface area contributed by atoms with E-state index >= 15 is 0 Å². The van der Waals surface area contributed by atoms with Crippen molar-refractivity contribution in [1.29, 1.82) is 0 Å². The topological polar surface area (TPSA) is 80.9 Å². The van der Waals surface area contributed by atoms with E-state index in [4.69, 9.17) is 5.73 Å². The lowest BCUT2D eigenvalue weighted by Gasteiger charge is -2.16. The lowest BCUT2D eigenvalue weighted by atomic mass is 10.2. The smallest absolute Gasteiger partial charge is 0.325 e. The van der Waals surface area contributed by atoms with Crippen LogP contribution >= 0.6 is 0 Å². The van der Waals surface area contributed by atoms with Crippen LogP contribution in [-0.4, -0.2) is 9.55 Å². The van der Waals surface area contributed by atoms with Gasteiger partial charge in [0, 0.05) is 24.3 Å². The van der Waals surface area contributed by atoms with E-state index < -0.39 is 0 Å². The summed E-state index contributed by atoms with van der Waals surface area (Å²) >= 11 is 0. The van der Waals surface area contributed by atoms with Gasteiger partial charge in [-0.15, -0.1) is 0 Å². The van der Waals surface area contributed by atoms with E-state index in [1.54, 1.807) is 4.57 Å². The second-order valence-corrected chi connectivity index (χ2v) is 3.94. The maximum absolute atomic E-state index is 11.7. The highest BCUT2D eigenvalue weighted by Gasteiger charge is 2.20. The third-order valence-corrected chi connectivity index (χ3v) is 2.96. The first-order chi connectivity index (χ1) is 7.22. The van der Waals surface area contributed by atoms with Gasteiger partial charge in [-0.05, 0) is 12.8 Å². The Morgan fingerprint density at radius 3 is 2.67 bits per heavy atom. The zero-order chi connectivity index (χ0) is 10.8. The number of hydrogen-bond donors (Lipinski definition) is 2. The molecule has 2 rings (SSSR count). The lowest BCUT2D eigenvalue weighted by Crippen LogP contribution is -2.34. The SMILES string of the molecule is NCc1cc(=O)[nH]c(=O)n1C1CCCC1. The van der Waals surface area contributed by atoms with Crippen molar-refractivity contribution in [2.75, 3.05) is 0 Å². The average molecular weight is 209 g/mol. The molecule has 0 bridgehead atoms. The third-order valence-electron chi connectivity index (χ3n) is 2.96. The molecule has 1 aliphatic rings. The molecule has 1 saturated carbocycles. The molecule has 15 heavy (non-hydrogen) atoms. The Morgan fingerprint density at radius 2 is 2.07 bits per heavy atom. The number of aromatic amines is 1. The van der Waals surface area contributed by atoms with Gasteiger partial charge in [0.05, 0.1) is 0 Å². The predicted molar refractivity (Wildman–Crippen MR) is 56.7 cm³/mol. The maximum atomic E-state index is 11.7. The highest BCUT2D eigenvalue weighted by molar-refractivity contribution is 5.03. The van der Waals surface area contributed by atoms with E-state index in [0.717, 1.165) is 25.7 Å². The Morgan fingerprint density at radius 1 is 1.40 bits per heavy atom. The molecular formula is C10H15N3O2. The molecule has 5 nitrogen and oxygen atoms in total. The van der Waals surface area contributed by atoms with Crippen LogP contribution in [0.5, 0.6) is 0 Å². The summed E-state index contributed by atoms with van der Waals surface area (Å²) in [5, 5.41) is 0. The van der Waals surface area contributed by atoms with Crippen LogP contribution in [0.25, 0.3) is 0 Å². The number of hydrogen-bond acceptors (Lipinski definition) is 3. The molecule has 0 aromatic carbocycles. The minimum atomic E-state index is -0.366. The molecule has 0 amide bonds. The minimum absolute atomic E-state index is 0.216. The van der Waals surface area contributed by atoms with Crippen molar-refractivity contribution in [3.63, 3.8) is 0 Å². The minimum Gasteiger partial charge on any atom is -0.325 e. The molecule has 1 aliphatic carbocycles. The highest BCUT2D eigenvalue weighted by Crippen LogP contribution is 2.28. The van der Waals surface area contributed by atoms with E-state index in [-0.39, 0.29) is 23.8 Å². The molecule has 5 heteroatoms. The summed E-state index contributed by atoms with van der Waals surface area (Å²) in [7, 11) is 0. The van der Waals surface area contributed by atoms with Gasteiger partial charge in [0.25, 0.3) is 5.56 Å². The van der Waals surface area contributed by atoms with Crippen LogP contribution in [0.1, 0.15) is 37.4 Å². The van der Waals surface area contributed by atoms with Crippen molar-refractivity contribution in [3.8, 4) is 0 Å². The monoisotopic (exact) mass is 209 g/mol. The summed E-state index contributed by atoms with van der Waals surface area (Å²) in [6.45, 7) is 0.232. The summed E-state index contributed by atoms with van der Waals surface area (Å²) in [6.07, 6.45) is 4.28. The molecule has 0 radical (unpaired) electrons. The number of nitrogens with one attached hydrogen (secondary N) is 1. The van der Waals surface area contributed by atoms with Gasteiger partial charge >= 0.3 is 5.69 Å². The van der Waals surface area contributed by atoms with E-state index in [9.17, 15) is 9.59 Å². The van der Waals surface area contributed by atoms with Crippen molar-refractivity contribution in [2.24, 2.45) is 5.73 Å². The Balaban J connectivity index is 2.52. The molecule has 0 saturated heterocycles. The summed E-state index contributed by atoms with van der Waals surface area (Å²) in [5.74, 6) is 0. The molecule has 1 aromatic heterocycles. The first-order valence-electron chi connectivity index (χ1n) is 5.27. The van der Waals surface area contributed by atoms with Crippen LogP contribution in [0.4, 0.5) is 0 Å². The quantitative estimate of drug-likeness (QED) is 0.725. The van der Waals surface area contributed by atoms with E-state index in [1.165, 1.54) is 6.07 Å². The van der Waals surface area contributed by atoms with Gasteiger partial charge in [-0.25, -0.2) is 4.79 Å². The van der Waals surface area contributed by atoms with Gasteiger partial charge in [-0.3, -0.25) is 14.3 Å². The van der Waals surface area contributed by atoms with E-state index in [1.807, 2.05) is 0 Å². The van der Waals surface area contributed by atoms with Crippen molar-refractivity contribution >= 4 is 0 Å². The Bertz CT molecular complexity index is 454. The second kappa shape index (κ2) is 4.02. The van der Waals surface area contributed by atoms with Crippen LogP contribution in [0.3, 0.4) is 0 Å². The van der Waals surface area contributed by atoms with Crippen molar-refractivity contribution in [1.82, 2.24) is 9.55 Å². The summed E-state index contributed by atoms with van der Waals surface area (Å²) in [5.41, 5.74) is 5.49. The number of nitrogens with zero attached hydrogens (tertiary/aromatic N) is 1. The fourth-order valence-corrected chi connectivity index (χ4v) is 2.27. The lowest BCUT2D eigenvalue weighted by molar-refractivity contribution is 0.471. The van der Waals surface area contributed by atoms with Crippen LogP contribution in [-0.2, 0) is 6.54 Å². The van der Waals surface area contributed by atoms with Gasteiger partial charge in [-0.2, -0.15) is 0 Å². The summed E-state index contributed by atoms with van der Waals surface area (Å²) in [6, 6.07) is 1.63. The number of H-pyrrole nitrogens is 1. The van der Waals surface area contributed by atoms with Crippen molar-refractivity contribution in [3.05, 3.63) is 32.6 Å². The highest BCUT2D eigenvalue weighted by atomic mass is 16.2. The molecule has 0 atom stereocenters. The molecule has 1 fully saturated rings. The molecule has 0 aliphatic heterocycles. The van der Waals surface area contributed by atoms with Crippen molar-refractivity contribution < 1.29 is 0 Å². The number of nitrogens with two attached hydrogens (primary N) is 1. The third kappa shape index (κ3) is 1.87. The zero-order valence-electron chi connectivity index (χ0n) is 8.53. The fraction of sp³-hybridized carbons (Fsp3) is 0.600. The van der Waals surface area contributed by atoms with Gasteiger partial charge < -0.3 is 5.73 Å². The van der Waals surface area contributed by atoms with Gasteiger partial charge in [0.15, 0.2) is 0 Å². The van der Waals surface area contributed by atoms with Crippen LogP contribution in [0.15, 0.2) is 15.7 Å². The molecule has 3 N–H and O–H groups in total. The molecule has 1 heterocycles. The maximum Gasteiger partial charge on any atom is 0.328 e.